The van der Waals surface area contributed by atoms with Crippen LogP contribution in [0.5, 0.6) is 0 Å². The number of hydrogen-bond donors (Lipinski definition) is 0. The summed E-state index contributed by atoms with van der Waals surface area (Å²) in [5.74, 6) is -1.06. The molecule has 0 fully saturated rings. The van der Waals surface area contributed by atoms with E-state index in [1.807, 2.05) is 0 Å². The number of halogens is 5. The van der Waals surface area contributed by atoms with Crippen molar-refractivity contribution in [3.63, 3.8) is 0 Å². The molecule has 0 bridgehead atoms. The minimum absolute atomic E-state index is 0.0412. The molecule has 0 aliphatic rings. The van der Waals surface area contributed by atoms with Gasteiger partial charge in [0.15, 0.2) is 11.5 Å². The topological polar surface area (TPSA) is 48.0 Å². The maximum atomic E-state index is 12.9. The molecule has 1 aromatic carbocycles. The molecule has 122 valence electrons. The zero-order chi connectivity index (χ0) is 17.1. The standard InChI is InChI=1S/C14H6Cl2F3N5/c15-8-4-10-21-13(14(17,18)19)22-23(10)11(5-8)24-12-7(6-20-24)2-1-3-9(12)16/h1-6H. The molecule has 4 rings (SSSR count). The Bertz CT molecular complexity index is 1080. The van der Waals surface area contributed by atoms with Crippen LogP contribution in [-0.4, -0.2) is 24.4 Å². The van der Waals surface area contributed by atoms with E-state index in [0.717, 1.165) is 9.90 Å². The fourth-order valence-corrected chi connectivity index (χ4v) is 2.87. The average molecular weight is 372 g/mol. The van der Waals surface area contributed by atoms with Crippen molar-refractivity contribution in [2.75, 3.05) is 0 Å². The molecule has 0 N–H and O–H groups in total. The lowest BCUT2D eigenvalue weighted by Crippen LogP contribution is -2.09. The summed E-state index contributed by atoms with van der Waals surface area (Å²) in [6.07, 6.45) is -3.12. The van der Waals surface area contributed by atoms with Gasteiger partial charge in [0.2, 0.25) is 0 Å². The second-order valence-electron chi connectivity index (χ2n) is 4.97. The summed E-state index contributed by atoms with van der Waals surface area (Å²) in [6.45, 7) is 0. The Kier molecular flexibility index (Phi) is 3.23. The number of rotatable bonds is 1. The summed E-state index contributed by atoms with van der Waals surface area (Å²) in [6, 6.07) is 7.93. The van der Waals surface area contributed by atoms with Gasteiger partial charge in [0.05, 0.1) is 16.7 Å². The van der Waals surface area contributed by atoms with Gasteiger partial charge in [0.25, 0.3) is 5.82 Å². The summed E-state index contributed by atoms with van der Waals surface area (Å²) in [4.78, 5) is 3.49. The van der Waals surface area contributed by atoms with Gasteiger partial charge >= 0.3 is 6.18 Å². The summed E-state index contributed by atoms with van der Waals surface area (Å²) in [5, 5.41) is 9.06. The Labute approximate surface area is 142 Å². The molecule has 0 aliphatic heterocycles. The van der Waals surface area contributed by atoms with Gasteiger partial charge in [-0.05, 0) is 6.07 Å². The van der Waals surface area contributed by atoms with Crippen molar-refractivity contribution in [2.45, 2.75) is 6.18 Å². The Balaban J connectivity index is 2.07. The van der Waals surface area contributed by atoms with Gasteiger partial charge in [0.1, 0.15) is 0 Å². The number of para-hydroxylation sites is 1. The molecule has 24 heavy (non-hydrogen) atoms. The normalized spacial score (nSPS) is 12.4. The SMILES string of the molecule is FC(F)(F)c1nc2cc(Cl)cc(-n3ncc4cccc(Cl)c43)n2n1. The maximum Gasteiger partial charge on any atom is 0.453 e. The summed E-state index contributed by atoms with van der Waals surface area (Å²) in [5.41, 5.74) is 0.493. The third-order valence-electron chi connectivity index (χ3n) is 3.40. The van der Waals surface area contributed by atoms with Crippen LogP contribution in [0.2, 0.25) is 10.0 Å². The number of benzene rings is 1. The molecule has 0 atom stereocenters. The van der Waals surface area contributed by atoms with Crippen LogP contribution in [-0.2, 0) is 6.18 Å². The van der Waals surface area contributed by atoms with E-state index in [1.165, 1.54) is 16.8 Å². The number of aromatic nitrogens is 5. The second kappa shape index (κ2) is 5.09. The first-order valence-corrected chi connectivity index (χ1v) is 7.36. The number of hydrogen-bond acceptors (Lipinski definition) is 3. The fourth-order valence-electron chi connectivity index (χ4n) is 2.42. The highest BCUT2D eigenvalue weighted by Gasteiger charge is 2.36. The summed E-state index contributed by atoms with van der Waals surface area (Å²) < 4.78 is 41.1. The molecular formula is C14H6Cl2F3N5. The van der Waals surface area contributed by atoms with E-state index in [1.54, 1.807) is 24.4 Å². The molecule has 0 aliphatic carbocycles. The molecule has 10 heteroatoms. The van der Waals surface area contributed by atoms with Crippen molar-refractivity contribution in [1.29, 1.82) is 0 Å². The molecule has 0 spiro atoms. The average Bonchev–Trinajstić information content (AvgIpc) is 3.10. The maximum absolute atomic E-state index is 12.9. The van der Waals surface area contributed by atoms with Crippen LogP contribution in [0.25, 0.3) is 22.4 Å². The van der Waals surface area contributed by atoms with E-state index in [9.17, 15) is 13.2 Å². The molecule has 3 aromatic heterocycles. The van der Waals surface area contributed by atoms with Crippen molar-refractivity contribution >= 4 is 39.8 Å². The first kappa shape index (κ1) is 15.2. The Hall–Kier alpha value is -2.32. The van der Waals surface area contributed by atoms with Gasteiger partial charge in [-0.25, -0.2) is 9.67 Å². The first-order valence-electron chi connectivity index (χ1n) is 6.61. The van der Waals surface area contributed by atoms with Crippen LogP contribution in [0.4, 0.5) is 13.2 Å². The zero-order valence-corrected chi connectivity index (χ0v) is 13.1. The van der Waals surface area contributed by atoms with Crippen molar-refractivity contribution < 1.29 is 13.2 Å². The molecule has 3 heterocycles. The monoisotopic (exact) mass is 371 g/mol. The number of alkyl halides is 3. The Morgan fingerprint density at radius 2 is 1.88 bits per heavy atom. The molecule has 0 radical (unpaired) electrons. The number of fused-ring (bicyclic) bond motifs is 2. The van der Waals surface area contributed by atoms with Gasteiger partial charge in [0, 0.05) is 22.5 Å². The number of nitrogens with zero attached hydrogens (tertiary/aromatic N) is 5. The second-order valence-corrected chi connectivity index (χ2v) is 5.81. The van der Waals surface area contributed by atoms with E-state index in [0.29, 0.717) is 10.5 Å². The van der Waals surface area contributed by atoms with E-state index < -0.39 is 12.0 Å². The highest BCUT2D eigenvalue weighted by atomic mass is 35.5. The third-order valence-corrected chi connectivity index (χ3v) is 3.92. The Morgan fingerprint density at radius 1 is 1.08 bits per heavy atom. The predicted octanol–water partition coefficient (Wildman–Crippen LogP) is 4.39. The number of pyridine rings is 1. The summed E-state index contributed by atoms with van der Waals surface area (Å²) >= 11 is 12.2. The van der Waals surface area contributed by atoms with Crippen LogP contribution in [0, 0.1) is 0 Å². The third kappa shape index (κ3) is 2.30. The molecule has 0 unspecified atom stereocenters. The predicted molar refractivity (Wildman–Crippen MR) is 82.6 cm³/mol. The fraction of sp³-hybridized carbons (Fsp3) is 0.0714. The molecular weight excluding hydrogens is 366 g/mol. The Morgan fingerprint density at radius 3 is 2.62 bits per heavy atom. The quantitative estimate of drug-likeness (QED) is 0.498. The lowest BCUT2D eigenvalue weighted by molar-refractivity contribution is -0.144. The van der Waals surface area contributed by atoms with Crippen LogP contribution >= 0.6 is 23.2 Å². The zero-order valence-electron chi connectivity index (χ0n) is 11.6. The van der Waals surface area contributed by atoms with Crippen molar-refractivity contribution in [3.05, 3.63) is 52.4 Å². The molecule has 0 amide bonds. The molecule has 0 saturated carbocycles. The van der Waals surface area contributed by atoms with Crippen LogP contribution in [0.1, 0.15) is 5.82 Å². The van der Waals surface area contributed by atoms with Crippen LogP contribution < -0.4 is 0 Å². The molecule has 5 nitrogen and oxygen atoms in total. The van der Waals surface area contributed by atoms with Gasteiger partial charge in [-0.2, -0.15) is 22.8 Å². The van der Waals surface area contributed by atoms with Crippen LogP contribution in [0.15, 0.2) is 36.5 Å². The van der Waals surface area contributed by atoms with Crippen molar-refractivity contribution in [1.82, 2.24) is 24.4 Å². The van der Waals surface area contributed by atoms with Crippen LogP contribution in [0.3, 0.4) is 0 Å². The largest absolute Gasteiger partial charge is 0.453 e. The highest BCUT2D eigenvalue weighted by Crippen LogP contribution is 2.30. The lowest BCUT2D eigenvalue weighted by Gasteiger charge is -2.07. The van der Waals surface area contributed by atoms with Crippen molar-refractivity contribution in [2.24, 2.45) is 0 Å². The van der Waals surface area contributed by atoms with E-state index in [4.69, 9.17) is 23.2 Å². The minimum Gasteiger partial charge on any atom is -0.213 e. The van der Waals surface area contributed by atoms with Gasteiger partial charge in [-0.3, -0.25) is 0 Å². The van der Waals surface area contributed by atoms with Gasteiger partial charge < -0.3 is 0 Å². The molecule has 0 saturated heterocycles. The minimum atomic E-state index is -4.67. The van der Waals surface area contributed by atoms with E-state index in [2.05, 4.69) is 15.2 Å². The highest BCUT2D eigenvalue weighted by molar-refractivity contribution is 6.35. The first-order chi connectivity index (χ1) is 11.3. The van der Waals surface area contributed by atoms with E-state index >= 15 is 0 Å². The van der Waals surface area contributed by atoms with Crippen molar-refractivity contribution in [3.8, 4) is 5.82 Å². The molecule has 4 aromatic rings. The van der Waals surface area contributed by atoms with Gasteiger partial charge in [-0.1, -0.05) is 35.3 Å². The lowest BCUT2D eigenvalue weighted by atomic mass is 10.2. The summed E-state index contributed by atoms with van der Waals surface area (Å²) in [7, 11) is 0. The van der Waals surface area contributed by atoms with E-state index in [-0.39, 0.29) is 16.5 Å². The smallest absolute Gasteiger partial charge is 0.213 e. The van der Waals surface area contributed by atoms with Gasteiger partial charge in [-0.15, -0.1) is 5.10 Å².